The smallest absolute Gasteiger partial charge is 0.0453 e. The highest BCUT2D eigenvalue weighted by atomic mass is 35.5. The van der Waals surface area contributed by atoms with E-state index < -0.39 is 0 Å². The first kappa shape index (κ1) is 11.9. The molecule has 0 spiro atoms. The minimum Gasteiger partial charge on any atom is -0.307 e. The Morgan fingerprint density at radius 2 is 1.88 bits per heavy atom. The zero-order chi connectivity index (χ0) is 11.4. The summed E-state index contributed by atoms with van der Waals surface area (Å²) in [5.41, 5.74) is 1.22. The van der Waals surface area contributed by atoms with Gasteiger partial charge in [0.1, 0.15) is 0 Å². The Hall–Kier alpha value is -0.530. The molecule has 1 nitrogen and oxygen atoms in total. The van der Waals surface area contributed by atoms with Crippen molar-refractivity contribution in [2.24, 2.45) is 0 Å². The van der Waals surface area contributed by atoms with Crippen molar-refractivity contribution < 1.29 is 0 Å². The molecule has 88 valence electrons. The van der Waals surface area contributed by atoms with Gasteiger partial charge in [0.15, 0.2) is 0 Å². The summed E-state index contributed by atoms with van der Waals surface area (Å²) in [5, 5.41) is 4.56. The Kier molecular flexibility index (Phi) is 4.25. The fraction of sp³-hybridized carbons (Fsp3) is 0.571. The molecule has 1 atom stereocenters. The Labute approximate surface area is 103 Å². The van der Waals surface area contributed by atoms with E-state index in [1.807, 2.05) is 12.1 Å². The van der Waals surface area contributed by atoms with Crippen LogP contribution in [0.4, 0.5) is 0 Å². The van der Waals surface area contributed by atoms with Crippen LogP contribution in [0.25, 0.3) is 0 Å². The zero-order valence-corrected chi connectivity index (χ0v) is 10.6. The van der Waals surface area contributed by atoms with Gasteiger partial charge in [0.25, 0.3) is 0 Å². The topological polar surface area (TPSA) is 12.0 Å². The van der Waals surface area contributed by atoms with Crippen LogP contribution in [-0.4, -0.2) is 6.04 Å². The van der Waals surface area contributed by atoms with Crippen LogP contribution in [0, 0.1) is 0 Å². The number of halogens is 1. The molecule has 1 fully saturated rings. The molecule has 1 N–H and O–H groups in total. The predicted molar refractivity (Wildman–Crippen MR) is 69.9 cm³/mol. The summed E-state index contributed by atoms with van der Waals surface area (Å²) in [6.45, 7) is 2.20. The van der Waals surface area contributed by atoms with E-state index >= 15 is 0 Å². The minimum atomic E-state index is 0.358. The summed E-state index contributed by atoms with van der Waals surface area (Å²) in [4.78, 5) is 0. The molecular formula is C14H20ClN. The summed E-state index contributed by atoms with van der Waals surface area (Å²) in [5.74, 6) is 0. The summed E-state index contributed by atoms with van der Waals surface area (Å²) < 4.78 is 0. The second kappa shape index (κ2) is 5.70. The number of hydrogen-bond acceptors (Lipinski definition) is 1. The van der Waals surface area contributed by atoms with Gasteiger partial charge < -0.3 is 5.32 Å². The van der Waals surface area contributed by atoms with E-state index in [9.17, 15) is 0 Å². The van der Waals surface area contributed by atoms with Crippen LogP contribution >= 0.6 is 11.6 Å². The Morgan fingerprint density at radius 1 is 1.19 bits per heavy atom. The standard InChI is InChI=1S/C14H20ClN/c1-11(13-9-5-6-10-14(13)15)16-12-7-3-2-4-8-12/h5-6,9-12,16H,2-4,7-8H2,1H3. The van der Waals surface area contributed by atoms with Gasteiger partial charge >= 0.3 is 0 Å². The van der Waals surface area contributed by atoms with E-state index in [0.29, 0.717) is 12.1 Å². The van der Waals surface area contributed by atoms with Gasteiger partial charge in [-0.05, 0) is 31.4 Å². The third-order valence-electron chi connectivity index (χ3n) is 3.46. The van der Waals surface area contributed by atoms with E-state index in [4.69, 9.17) is 11.6 Å². The predicted octanol–water partition coefficient (Wildman–Crippen LogP) is 4.32. The van der Waals surface area contributed by atoms with Crippen molar-refractivity contribution in [1.29, 1.82) is 0 Å². The van der Waals surface area contributed by atoms with Crippen molar-refractivity contribution in [3.05, 3.63) is 34.9 Å². The molecule has 1 saturated carbocycles. The molecule has 1 aliphatic rings. The van der Waals surface area contributed by atoms with Crippen LogP contribution in [0.5, 0.6) is 0 Å². The lowest BCUT2D eigenvalue weighted by Crippen LogP contribution is -2.33. The van der Waals surface area contributed by atoms with Crippen molar-refractivity contribution in [1.82, 2.24) is 5.32 Å². The molecule has 2 rings (SSSR count). The number of benzene rings is 1. The van der Waals surface area contributed by atoms with Crippen LogP contribution < -0.4 is 5.32 Å². The largest absolute Gasteiger partial charge is 0.307 e. The van der Waals surface area contributed by atoms with Crippen molar-refractivity contribution in [2.75, 3.05) is 0 Å². The fourth-order valence-corrected chi connectivity index (χ4v) is 2.84. The molecule has 1 unspecified atom stereocenters. The first-order valence-corrected chi connectivity index (χ1v) is 6.65. The Bertz CT molecular complexity index is 331. The molecule has 2 heteroatoms. The molecule has 16 heavy (non-hydrogen) atoms. The van der Waals surface area contributed by atoms with Crippen molar-refractivity contribution in [3.8, 4) is 0 Å². The summed E-state index contributed by atoms with van der Waals surface area (Å²) in [6.07, 6.45) is 6.77. The number of hydrogen-bond donors (Lipinski definition) is 1. The summed E-state index contributed by atoms with van der Waals surface area (Å²) >= 11 is 6.20. The molecule has 1 aromatic rings. The lowest BCUT2D eigenvalue weighted by Gasteiger charge is -2.27. The first-order chi connectivity index (χ1) is 7.77. The molecule has 1 aliphatic carbocycles. The molecule has 0 bridgehead atoms. The van der Waals surface area contributed by atoms with E-state index in [1.54, 1.807) is 0 Å². The van der Waals surface area contributed by atoms with E-state index in [0.717, 1.165) is 5.02 Å². The molecule has 0 amide bonds. The Morgan fingerprint density at radius 3 is 2.56 bits per heavy atom. The zero-order valence-electron chi connectivity index (χ0n) is 9.88. The van der Waals surface area contributed by atoms with Gasteiger partial charge in [-0.15, -0.1) is 0 Å². The van der Waals surface area contributed by atoms with Gasteiger partial charge in [0, 0.05) is 17.1 Å². The first-order valence-electron chi connectivity index (χ1n) is 6.28. The molecule has 1 aromatic carbocycles. The van der Waals surface area contributed by atoms with Crippen molar-refractivity contribution in [3.63, 3.8) is 0 Å². The fourth-order valence-electron chi connectivity index (χ4n) is 2.54. The Balaban J connectivity index is 1.96. The van der Waals surface area contributed by atoms with Gasteiger partial charge in [0.2, 0.25) is 0 Å². The average molecular weight is 238 g/mol. The highest BCUT2D eigenvalue weighted by molar-refractivity contribution is 6.31. The second-order valence-corrected chi connectivity index (χ2v) is 5.15. The second-order valence-electron chi connectivity index (χ2n) is 4.74. The van der Waals surface area contributed by atoms with Crippen molar-refractivity contribution in [2.45, 2.75) is 51.1 Å². The van der Waals surface area contributed by atoms with Crippen molar-refractivity contribution >= 4 is 11.6 Å². The molecule has 0 aromatic heterocycles. The SMILES string of the molecule is CC(NC1CCCCC1)c1ccccc1Cl. The monoisotopic (exact) mass is 237 g/mol. The lowest BCUT2D eigenvalue weighted by atomic mass is 9.94. The number of nitrogens with one attached hydrogen (secondary N) is 1. The van der Waals surface area contributed by atoms with E-state index in [2.05, 4.69) is 24.4 Å². The van der Waals surface area contributed by atoms with E-state index in [1.165, 1.54) is 37.7 Å². The molecule has 0 radical (unpaired) electrons. The summed E-state index contributed by atoms with van der Waals surface area (Å²) in [7, 11) is 0. The maximum absolute atomic E-state index is 6.20. The highest BCUT2D eigenvalue weighted by Crippen LogP contribution is 2.25. The number of rotatable bonds is 3. The summed E-state index contributed by atoms with van der Waals surface area (Å²) in [6, 6.07) is 9.16. The van der Waals surface area contributed by atoms with Crippen LogP contribution in [0.15, 0.2) is 24.3 Å². The van der Waals surface area contributed by atoms with Crippen LogP contribution in [0.1, 0.15) is 50.6 Å². The van der Waals surface area contributed by atoms with Gasteiger partial charge in [-0.3, -0.25) is 0 Å². The quantitative estimate of drug-likeness (QED) is 0.826. The molecule has 0 aliphatic heterocycles. The maximum Gasteiger partial charge on any atom is 0.0453 e. The van der Waals surface area contributed by atoms with Gasteiger partial charge in [-0.1, -0.05) is 49.1 Å². The van der Waals surface area contributed by atoms with Crippen LogP contribution in [-0.2, 0) is 0 Å². The van der Waals surface area contributed by atoms with E-state index in [-0.39, 0.29) is 0 Å². The average Bonchev–Trinajstić information content (AvgIpc) is 2.31. The molecular weight excluding hydrogens is 218 g/mol. The normalized spacial score (nSPS) is 19.6. The highest BCUT2D eigenvalue weighted by Gasteiger charge is 2.17. The van der Waals surface area contributed by atoms with Gasteiger partial charge in [0.05, 0.1) is 0 Å². The molecule has 0 saturated heterocycles. The molecule has 0 heterocycles. The van der Waals surface area contributed by atoms with Gasteiger partial charge in [-0.25, -0.2) is 0 Å². The third kappa shape index (κ3) is 2.99. The third-order valence-corrected chi connectivity index (χ3v) is 3.81. The van der Waals surface area contributed by atoms with Crippen LogP contribution in [0.3, 0.4) is 0 Å². The maximum atomic E-state index is 6.20. The van der Waals surface area contributed by atoms with Gasteiger partial charge in [-0.2, -0.15) is 0 Å². The van der Waals surface area contributed by atoms with Crippen LogP contribution in [0.2, 0.25) is 5.02 Å². The minimum absolute atomic E-state index is 0.358. The lowest BCUT2D eigenvalue weighted by molar-refractivity contribution is 0.347.